The Kier molecular flexibility index (Phi) is 6.08. The Morgan fingerprint density at radius 3 is 2.60 bits per heavy atom. The van der Waals surface area contributed by atoms with Gasteiger partial charge in [-0.2, -0.15) is 0 Å². The Bertz CT molecular complexity index is 542. The van der Waals surface area contributed by atoms with Crippen LogP contribution in [-0.2, 0) is 6.42 Å². The van der Waals surface area contributed by atoms with Crippen LogP contribution in [0.4, 0.5) is 0 Å². The maximum atomic E-state index is 6.26. The maximum Gasteiger partial charge on any atom is 0.0464 e. The van der Waals surface area contributed by atoms with Gasteiger partial charge in [-0.3, -0.25) is 0 Å². The van der Waals surface area contributed by atoms with Crippen LogP contribution in [0, 0.1) is 0 Å². The Hall–Kier alpha value is -0.830. The molecule has 0 spiro atoms. The lowest BCUT2D eigenvalue weighted by Gasteiger charge is -2.16. The predicted octanol–water partition coefficient (Wildman–Crippen LogP) is 5.39. The lowest BCUT2D eigenvalue weighted by atomic mass is 10.1. The molecule has 106 valence electrons. The van der Waals surface area contributed by atoms with Gasteiger partial charge in [0.25, 0.3) is 0 Å². The average molecular weight is 353 g/mol. The van der Waals surface area contributed by atoms with Crippen molar-refractivity contribution in [2.75, 3.05) is 6.54 Å². The van der Waals surface area contributed by atoms with E-state index in [9.17, 15) is 0 Å². The second-order valence-electron chi connectivity index (χ2n) is 4.93. The zero-order chi connectivity index (χ0) is 14.4. The van der Waals surface area contributed by atoms with Crippen LogP contribution in [0.5, 0.6) is 0 Å². The van der Waals surface area contributed by atoms with Crippen LogP contribution in [0.1, 0.15) is 30.5 Å². The summed E-state index contributed by atoms with van der Waals surface area (Å²) in [6, 6.07) is 16.9. The highest BCUT2D eigenvalue weighted by molar-refractivity contribution is 9.10. The predicted molar refractivity (Wildman–Crippen MR) is 90.3 cm³/mol. The van der Waals surface area contributed by atoms with Gasteiger partial charge in [-0.1, -0.05) is 63.9 Å². The topological polar surface area (TPSA) is 12.0 Å². The van der Waals surface area contributed by atoms with Crippen LogP contribution in [0.25, 0.3) is 0 Å². The summed E-state index contributed by atoms with van der Waals surface area (Å²) in [4.78, 5) is 0. The highest BCUT2D eigenvalue weighted by atomic mass is 79.9. The molecule has 1 N–H and O–H groups in total. The molecule has 0 aliphatic carbocycles. The highest BCUT2D eigenvalue weighted by Crippen LogP contribution is 2.26. The van der Waals surface area contributed by atoms with E-state index in [1.165, 1.54) is 5.56 Å². The summed E-state index contributed by atoms with van der Waals surface area (Å²) < 4.78 is 1.02. The van der Waals surface area contributed by atoms with Gasteiger partial charge in [0.2, 0.25) is 0 Å². The summed E-state index contributed by atoms with van der Waals surface area (Å²) in [5.74, 6) is 0. The van der Waals surface area contributed by atoms with Crippen molar-refractivity contribution in [3.05, 3.63) is 69.2 Å². The number of hydrogen-bond acceptors (Lipinski definition) is 1. The molecule has 1 unspecified atom stereocenters. The molecule has 0 aliphatic heterocycles. The molecule has 2 aromatic rings. The molecule has 0 aliphatic rings. The second kappa shape index (κ2) is 7.82. The van der Waals surface area contributed by atoms with Crippen LogP contribution in [-0.4, -0.2) is 6.54 Å². The van der Waals surface area contributed by atoms with Crippen molar-refractivity contribution in [2.45, 2.75) is 25.8 Å². The number of hydrogen-bond donors (Lipinski definition) is 1. The van der Waals surface area contributed by atoms with Crippen molar-refractivity contribution in [3.63, 3.8) is 0 Å². The first kappa shape index (κ1) is 15.6. The Morgan fingerprint density at radius 1 is 1.15 bits per heavy atom. The summed E-state index contributed by atoms with van der Waals surface area (Å²) in [6.07, 6.45) is 2.23. The molecule has 3 heteroatoms. The lowest BCUT2D eigenvalue weighted by molar-refractivity contribution is 0.558. The first-order valence-corrected chi connectivity index (χ1v) is 8.06. The first-order valence-electron chi connectivity index (χ1n) is 6.89. The fourth-order valence-electron chi connectivity index (χ4n) is 2.22. The summed E-state index contributed by atoms with van der Waals surface area (Å²) in [7, 11) is 0. The fourth-order valence-corrected chi connectivity index (χ4v) is 3.06. The smallest absolute Gasteiger partial charge is 0.0464 e. The van der Waals surface area contributed by atoms with E-state index in [0.717, 1.165) is 34.4 Å². The first-order chi connectivity index (χ1) is 9.66. The molecule has 1 atom stereocenters. The third-order valence-electron chi connectivity index (χ3n) is 3.36. The largest absolute Gasteiger partial charge is 0.310 e. The molecule has 0 radical (unpaired) electrons. The molecule has 1 nitrogen and oxygen atoms in total. The maximum absolute atomic E-state index is 6.26. The zero-order valence-electron chi connectivity index (χ0n) is 11.6. The molecule has 0 fully saturated rings. The van der Waals surface area contributed by atoms with E-state index in [1.807, 2.05) is 12.1 Å². The number of aryl methyl sites for hydroxylation is 1. The van der Waals surface area contributed by atoms with E-state index in [2.05, 4.69) is 64.6 Å². The van der Waals surface area contributed by atoms with E-state index in [1.54, 1.807) is 0 Å². The molecular formula is C17H19BrClN. The minimum atomic E-state index is 0.270. The van der Waals surface area contributed by atoms with E-state index < -0.39 is 0 Å². The average Bonchev–Trinajstić information content (AvgIpc) is 2.44. The van der Waals surface area contributed by atoms with Crippen molar-refractivity contribution in [2.24, 2.45) is 0 Å². The number of benzene rings is 2. The zero-order valence-corrected chi connectivity index (χ0v) is 13.9. The molecular weight excluding hydrogens is 334 g/mol. The van der Waals surface area contributed by atoms with Crippen molar-refractivity contribution in [1.29, 1.82) is 0 Å². The molecule has 2 aromatic carbocycles. The lowest BCUT2D eigenvalue weighted by Crippen LogP contribution is -2.20. The number of nitrogens with one attached hydrogen (secondary N) is 1. The van der Waals surface area contributed by atoms with Crippen LogP contribution >= 0.6 is 27.5 Å². The minimum absolute atomic E-state index is 0.270. The second-order valence-corrected chi connectivity index (χ2v) is 6.25. The van der Waals surface area contributed by atoms with Gasteiger partial charge in [0.1, 0.15) is 0 Å². The van der Waals surface area contributed by atoms with E-state index in [-0.39, 0.29) is 6.04 Å². The van der Waals surface area contributed by atoms with Crippen molar-refractivity contribution >= 4 is 27.5 Å². The van der Waals surface area contributed by atoms with Gasteiger partial charge in [0.15, 0.2) is 0 Å². The minimum Gasteiger partial charge on any atom is -0.310 e. The van der Waals surface area contributed by atoms with Crippen molar-refractivity contribution in [3.8, 4) is 0 Å². The van der Waals surface area contributed by atoms with Crippen LogP contribution < -0.4 is 5.32 Å². The van der Waals surface area contributed by atoms with Crippen LogP contribution in [0.2, 0.25) is 5.02 Å². The Balaban J connectivity index is 1.79. The van der Waals surface area contributed by atoms with Crippen molar-refractivity contribution < 1.29 is 0 Å². The fraction of sp³-hybridized carbons (Fsp3) is 0.294. The Labute approximate surface area is 134 Å². The number of rotatable bonds is 6. The van der Waals surface area contributed by atoms with E-state index in [4.69, 9.17) is 11.6 Å². The van der Waals surface area contributed by atoms with Gasteiger partial charge in [0, 0.05) is 15.5 Å². The monoisotopic (exact) mass is 351 g/mol. The Morgan fingerprint density at radius 2 is 1.90 bits per heavy atom. The van der Waals surface area contributed by atoms with Gasteiger partial charge < -0.3 is 5.32 Å². The molecule has 20 heavy (non-hydrogen) atoms. The number of halogens is 2. The molecule has 0 heterocycles. The van der Waals surface area contributed by atoms with E-state index >= 15 is 0 Å². The van der Waals surface area contributed by atoms with Gasteiger partial charge in [-0.15, -0.1) is 0 Å². The standard InChI is InChI=1S/C17H19BrClN/c1-13(16-10-9-15(18)12-17(16)19)20-11-5-8-14-6-3-2-4-7-14/h2-4,6-7,9-10,12-13,20H,5,8,11H2,1H3. The molecule has 0 amide bonds. The third kappa shape index (κ3) is 4.62. The molecule has 0 bridgehead atoms. The quantitative estimate of drug-likeness (QED) is 0.688. The van der Waals surface area contributed by atoms with E-state index in [0.29, 0.717) is 0 Å². The summed E-state index contributed by atoms with van der Waals surface area (Å²) in [6.45, 7) is 3.14. The van der Waals surface area contributed by atoms with Gasteiger partial charge in [-0.05, 0) is 49.6 Å². The van der Waals surface area contributed by atoms with Gasteiger partial charge >= 0.3 is 0 Å². The van der Waals surface area contributed by atoms with Gasteiger partial charge in [0.05, 0.1) is 0 Å². The molecule has 0 saturated heterocycles. The molecule has 2 rings (SSSR count). The molecule has 0 aromatic heterocycles. The van der Waals surface area contributed by atoms with Gasteiger partial charge in [-0.25, -0.2) is 0 Å². The SMILES string of the molecule is CC(NCCCc1ccccc1)c1ccc(Br)cc1Cl. The van der Waals surface area contributed by atoms with Crippen LogP contribution in [0.15, 0.2) is 53.0 Å². The normalized spacial score (nSPS) is 12.3. The third-order valence-corrected chi connectivity index (χ3v) is 4.19. The summed E-state index contributed by atoms with van der Waals surface area (Å²) in [5, 5.41) is 4.34. The molecule has 0 saturated carbocycles. The summed E-state index contributed by atoms with van der Waals surface area (Å²) >= 11 is 9.69. The van der Waals surface area contributed by atoms with Crippen molar-refractivity contribution in [1.82, 2.24) is 5.32 Å². The van der Waals surface area contributed by atoms with Crippen LogP contribution in [0.3, 0.4) is 0 Å². The highest BCUT2D eigenvalue weighted by Gasteiger charge is 2.08. The summed E-state index contributed by atoms with van der Waals surface area (Å²) in [5.41, 5.74) is 2.54.